The summed E-state index contributed by atoms with van der Waals surface area (Å²) in [5.74, 6) is 0. The second kappa shape index (κ2) is 4.42. The molecule has 0 atom stereocenters. The Kier molecular flexibility index (Phi) is 3.82. The summed E-state index contributed by atoms with van der Waals surface area (Å²) in [6.07, 6.45) is 7.47. The van der Waals surface area contributed by atoms with Crippen LogP contribution in [0.2, 0.25) is 6.04 Å². The molecular formula is C7H12Cl2Si. The molecule has 0 fully saturated rings. The van der Waals surface area contributed by atoms with Crippen molar-refractivity contribution in [3.8, 4) is 0 Å². The van der Waals surface area contributed by atoms with Crippen LogP contribution in [-0.2, 0) is 0 Å². The Morgan fingerprint density at radius 2 is 2.20 bits per heavy atom. The van der Waals surface area contributed by atoms with Gasteiger partial charge in [-0.25, -0.2) is 0 Å². The van der Waals surface area contributed by atoms with E-state index in [4.69, 9.17) is 22.2 Å². The fraction of sp³-hybridized carbons (Fsp3) is 0.714. The molecule has 1 aliphatic rings. The summed E-state index contributed by atoms with van der Waals surface area (Å²) in [5.41, 5.74) is 1.51. The molecule has 0 heterocycles. The molecule has 1 rings (SSSR count). The van der Waals surface area contributed by atoms with Gasteiger partial charge in [-0.05, 0) is 31.7 Å². The minimum atomic E-state index is -1.37. The molecule has 58 valence electrons. The van der Waals surface area contributed by atoms with E-state index >= 15 is 0 Å². The van der Waals surface area contributed by atoms with E-state index in [0.29, 0.717) is 0 Å². The van der Waals surface area contributed by atoms with Crippen LogP contribution >= 0.6 is 22.2 Å². The highest BCUT2D eigenvalue weighted by atomic mass is 35.7. The second-order valence-corrected chi connectivity index (χ2v) is 7.72. The molecule has 0 aliphatic heterocycles. The van der Waals surface area contributed by atoms with E-state index < -0.39 is 7.42 Å². The topological polar surface area (TPSA) is 0 Å². The second-order valence-electron chi connectivity index (χ2n) is 2.70. The highest BCUT2D eigenvalue weighted by Gasteiger charge is 2.08. The Morgan fingerprint density at radius 1 is 1.40 bits per heavy atom. The molecule has 0 unspecified atom stereocenters. The molecule has 0 spiro atoms. The third-order valence-electron chi connectivity index (χ3n) is 1.80. The summed E-state index contributed by atoms with van der Waals surface area (Å²) < 4.78 is 0. The van der Waals surface area contributed by atoms with Gasteiger partial charge in [0.15, 0.2) is 0 Å². The van der Waals surface area contributed by atoms with Crippen molar-refractivity contribution < 1.29 is 0 Å². The molecule has 0 nitrogen and oxygen atoms in total. The van der Waals surface area contributed by atoms with Gasteiger partial charge in [0.1, 0.15) is 0 Å². The van der Waals surface area contributed by atoms with E-state index in [-0.39, 0.29) is 0 Å². The van der Waals surface area contributed by atoms with Crippen LogP contribution in [0.25, 0.3) is 0 Å². The van der Waals surface area contributed by atoms with Crippen molar-refractivity contribution in [2.45, 2.75) is 31.7 Å². The van der Waals surface area contributed by atoms with E-state index in [2.05, 4.69) is 6.08 Å². The van der Waals surface area contributed by atoms with E-state index in [1.165, 1.54) is 31.3 Å². The minimum absolute atomic E-state index is 1.00. The van der Waals surface area contributed by atoms with Gasteiger partial charge in [-0.15, -0.1) is 22.2 Å². The first-order valence-electron chi connectivity index (χ1n) is 3.75. The maximum atomic E-state index is 5.77. The zero-order chi connectivity index (χ0) is 7.40. The molecule has 1 aliphatic carbocycles. The minimum Gasteiger partial charge on any atom is -0.150 e. The van der Waals surface area contributed by atoms with Gasteiger partial charge in [-0.2, -0.15) is 0 Å². The number of allylic oxidation sites excluding steroid dienone is 2. The van der Waals surface area contributed by atoms with Crippen molar-refractivity contribution in [3.63, 3.8) is 0 Å². The molecule has 0 aromatic rings. The van der Waals surface area contributed by atoms with Crippen molar-refractivity contribution in [3.05, 3.63) is 11.6 Å². The third-order valence-corrected chi connectivity index (χ3v) is 3.56. The van der Waals surface area contributed by atoms with Crippen LogP contribution in [0.3, 0.4) is 0 Å². The van der Waals surface area contributed by atoms with Crippen LogP contribution in [0.15, 0.2) is 11.6 Å². The molecule has 0 saturated carbocycles. The molecule has 0 aromatic carbocycles. The Hall–Kier alpha value is 0.537. The monoisotopic (exact) mass is 194 g/mol. The first-order valence-corrected chi connectivity index (χ1v) is 8.06. The van der Waals surface area contributed by atoms with Gasteiger partial charge in [0.2, 0.25) is 7.42 Å². The molecule has 10 heavy (non-hydrogen) atoms. The van der Waals surface area contributed by atoms with Crippen LogP contribution in [0.1, 0.15) is 25.7 Å². The van der Waals surface area contributed by atoms with Gasteiger partial charge in [0, 0.05) is 0 Å². The quantitative estimate of drug-likeness (QED) is 0.360. The maximum Gasteiger partial charge on any atom is 0.240 e. The van der Waals surface area contributed by atoms with Gasteiger partial charge >= 0.3 is 0 Å². The zero-order valence-electron chi connectivity index (χ0n) is 5.95. The van der Waals surface area contributed by atoms with Gasteiger partial charge in [0.25, 0.3) is 0 Å². The smallest absolute Gasteiger partial charge is 0.150 e. The average Bonchev–Trinajstić information content (AvgIpc) is 1.88. The standard InChI is InChI=1S/C7H12Cl2Si/c8-10(9)6-7-4-2-1-3-5-7/h4,10H,1-3,5-6H2. The predicted molar refractivity (Wildman–Crippen MR) is 50.2 cm³/mol. The molecule has 0 bridgehead atoms. The first-order chi connectivity index (χ1) is 4.79. The molecule has 0 amide bonds. The molecule has 0 saturated heterocycles. The van der Waals surface area contributed by atoms with E-state index in [9.17, 15) is 0 Å². The van der Waals surface area contributed by atoms with Crippen LogP contribution in [-0.4, -0.2) is 7.42 Å². The van der Waals surface area contributed by atoms with Crippen molar-refractivity contribution in [2.24, 2.45) is 0 Å². The molecule has 0 radical (unpaired) electrons. The maximum absolute atomic E-state index is 5.77. The average molecular weight is 195 g/mol. The van der Waals surface area contributed by atoms with Crippen LogP contribution in [0.4, 0.5) is 0 Å². The summed E-state index contributed by atoms with van der Waals surface area (Å²) in [6, 6.07) is 1.00. The van der Waals surface area contributed by atoms with E-state index in [1.54, 1.807) is 0 Å². The first kappa shape index (κ1) is 8.63. The molecule has 3 heteroatoms. The molecule has 0 N–H and O–H groups in total. The molecular weight excluding hydrogens is 183 g/mol. The zero-order valence-corrected chi connectivity index (χ0v) is 8.61. The predicted octanol–water partition coefficient (Wildman–Crippen LogP) is 3.18. The Bertz CT molecular complexity index is 132. The lowest BCUT2D eigenvalue weighted by Gasteiger charge is -2.11. The van der Waals surface area contributed by atoms with Gasteiger partial charge in [-0.3, -0.25) is 0 Å². The van der Waals surface area contributed by atoms with Crippen LogP contribution in [0, 0.1) is 0 Å². The summed E-state index contributed by atoms with van der Waals surface area (Å²) in [5, 5.41) is 0. The summed E-state index contributed by atoms with van der Waals surface area (Å²) in [6.45, 7) is 0. The van der Waals surface area contributed by atoms with Crippen LogP contribution in [0.5, 0.6) is 0 Å². The van der Waals surface area contributed by atoms with Gasteiger partial charge in [-0.1, -0.05) is 11.6 Å². The Morgan fingerprint density at radius 3 is 2.70 bits per heavy atom. The Labute approximate surface area is 73.2 Å². The highest BCUT2D eigenvalue weighted by Crippen LogP contribution is 2.23. The SMILES string of the molecule is Cl[SiH](Cl)CC1=CCCCC1. The normalized spacial score (nSPS) is 19.3. The third kappa shape index (κ3) is 3.09. The van der Waals surface area contributed by atoms with Gasteiger partial charge in [0.05, 0.1) is 0 Å². The van der Waals surface area contributed by atoms with E-state index in [0.717, 1.165) is 6.04 Å². The number of halogens is 2. The fourth-order valence-electron chi connectivity index (χ4n) is 1.29. The Balaban J connectivity index is 2.31. The van der Waals surface area contributed by atoms with Crippen molar-refractivity contribution >= 4 is 29.6 Å². The summed E-state index contributed by atoms with van der Waals surface area (Å²) >= 11 is 11.5. The lowest BCUT2D eigenvalue weighted by molar-refractivity contribution is 0.701. The van der Waals surface area contributed by atoms with Crippen LogP contribution < -0.4 is 0 Å². The number of rotatable bonds is 2. The van der Waals surface area contributed by atoms with Gasteiger partial charge < -0.3 is 0 Å². The largest absolute Gasteiger partial charge is 0.240 e. The lowest BCUT2D eigenvalue weighted by atomic mass is 10.0. The van der Waals surface area contributed by atoms with Crippen molar-refractivity contribution in [1.82, 2.24) is 0 Å². The van der Waals surface area contributed by atoms with Crippen molar-refractivity contribution in [1.29, 1.82) is 0 Å². The summed E-state index contributed by atoms with van der Waals surface area (Å²) in [7, 11) is -1.37. The summed E-state index contributed by atoms with van der Waals surface area (Å²) in [4.78, 5) is 0. The lowest BCUT2D eigenvalue weighted by Crippen LogP contribution is -1.98. The van der Waals surface area contributed by atoms with Crippen molar-refractivity contribution in [2.75, 3.05) is 0 Å². The highest BCUT2D eigenvalue weighted by molar-refractivity contribution is 7.34. The fourth-order valence-corrected chi connectivity index (χ4v) is 3.24. The van der Waals surface area contributed by atoms with E-state index in [1.807, 2.05) is 0 Å². The number of hydrogen-bond acceptors (Lipinski definition) is 0. The molecule has 0 aromatic heterocycles. The number of hydrogen-bond donors (Lipinski definition) is 0.